The monoisotopic (exact) mass is 490 g/mol. The minimum absolute atomic E-state index is 0.143. The van der Waals surface area contributed by atoms with E-state index in [0.29, 0.717) is 33.7 Å². The molecular formula is C25H26N6O3S. The fourth-order valence-electron chi connectivity index (χ4n) is 4.40. The molecule has 2 aromatic carbocycles. The Balaban J connectivity index is 1.43. The number of hydrogen-bond acceptors (Lipinski definition) is 7. The number of fused-ring (bicyclic) bond motifs is 1. The van der Waals surface area contributed by atoms with Crippen LogP contribution in [0.15, 0.2) is 72.0 Å². The molecule has 35 heavy (non-hydrogen) atoms. The van der Waals surface area contributed by atoms with Gasteiger partial charge in [-0.2, -0.15) is 0 Å². The van der Waals surface area contributed by atoms with E-state index < -0.39 is 10.0 Å². The Morgan fingerprint density at radius 3 is 2.54 bits per heavy atom. The van der Waals surface area contributed by atoms with Crippen LogP contribution >= 0.6 is 0 Å². The number of carbonyl (C=O) groups excluding carboxylic acids is 1. The molecular weight excluding hydrogens is 464 g/mol. The minimum atomic E-state index is -3.78. The molecule has 1 aliphatic carbocycles. The molecule has 2 heterocycles. The van der Waals surface area contributed by atoms with Gasteiger partial charge in [-0.15, -0.1) is 0 Å². The van der Waals surface area contributed by atoms with Crippen LogP contribution in [0.3, 0.4) is 0 Å². The van der Waals surface area contributed by atoms with Crippen LogP contribution in [0.4, 0.5) is 11.5 Å². The second-order valence-corrected chi connectivity index (χ2v) is 10.4. The zero-order chi connectivity index (χ0) is 24.4. The first-order valence-electron chi connectivity index (χ1n) is 11.5. The van der Waals surface area contributed by atoms with Crippen molar-refractivity contribution in [1.29, 1.82) is 0 Å². The number of aromatic nitrogens is 3. The molecule has 4 aromatic rings. The number of rotatable bonds is 7. The summed E-state index contributed by atoms with van der Waals surface area (Å²) in [6.07, 6.45) is 6.83. The molecule has 5 N–H and O–H groups in total. The fourth-order valence-corrected chi connectivity index (χ4v) is 5.47. The third-order valence-corrected chi connectivity index (χ3v) is 7.65. The molecule has 10 heteroatoms. The Labute approximate surface area is 203 Å². The van der Waals surface area contributed by atoms with Crippen LogP contribution < -0.4 is 15.8 Å². The van der Waals surface area contributed by atoms with Crippen molar-refractivity contribution in [2.24, 2.45) is 5.73 Å². The molecule has 9 nitrogen and oxygen atoms in total. The topological polar surface area (TPSA) is 143 Å². The lowest BCUT2D eigenvalue weighted by molar-refractivity contribution is 0.104. The van der Waals surface area contributed by atoms with Gasteiger partial charge >= 0.3 is 0 Å². The molecule has 1 saturated carbocycles. The summed E-state index contributed by atoms with van der Waals surface area (Å²) in [7, 11) is -3.78. The van der Waals surface area contributed by atoms with Crippen molar-refractivity contribution in [3.63, 3.8) is 0 Å². The molecule has 0 saturated heterocycles. The molecule has 0 spiro atoms. The molecule has 1 fully saturated rings. The standard InChI is InChI=1S/C25H26N6O3S/c26-17-9-11-18(12-10-17)30-25-22-21(14-27-24(22)28-15-29-25)23(32)16-5-4-6-19(13-16)31-35(33,34)20-7-2-1-3-8-20/h1-8,13-15,17-18,31H,9-12,26H2,(H2,27,28,29,30)/t17-,18+. The maximum absolute atomic E-state index is 13.5. The predicted octanol–water partition coefficient (Wildman–Crippen LogP) is 3.67. The Bertz CT molecular complexity index is 1460. The zero-order valence-electron chi connectivity index (χ0n) is 18.9. The van der Waals surface area contributed by atoms with Gasteiger partial charge in [-0.05, 0) is 49.9 Å². The summed E-state index contributed by atoms with van der Waals surface area (Å²) in [5.41, 5.74) is 7.64. The lowest BCUT2D eigenvalue weighted by atomic mass is 9.92. The average molecular weight is 491 g/mol. The van der Waals surface area contributed by atoms with E-state index >= 15 is 0 Å². The third kappa shape index (κ3) is 4.89. The summed E-state index contributed by atoms with van der Waals surface area (Å²) in [6.45, 7) is 0. The minimum Gasteiger partial charge on any atom is -0.367 e. The number of carbonyl (C=O) groups is 1. The normalized spacial score (nSPS) is 18.3. The lowest BCUT2D eigenvalue weighted by Gasteiger charge is -2.27. The first-order valence-corrected chi connectivity index (χ1v) is 13.0. The molecule has 2 aromatic heterocycles. The molecule has 0 amide bonds. The van der Waals surface area contributed by atoms with Crippen molar-refractivity contribution < 1.29 is 13.2 Å². The van der Waals surface area contributed by atoms with E-state index in [9.17, 15) is 13.2 Å². The number of H-pyrrole nitrogens is 1. The maximum atomic E-state index is 13.5. The van der Waals surface area contributed by atoms with Gasteiger partial charge in [-0.25, -0.2) is 18.4 Å². The van der Waals surface area contributed by atoms with Crippen molar-refractivity contribution in [3.05, 3.63) is 78.2 Å². The number of ketones is 1. The van der Waals surface area contributed by atoms with E-state index in [1.807, 2.05) is 0 Å². The maximum Gasteiger partial charge on any atom is 0.261 e. The van der Waals surface area contributed by atoms with Gasteiger partial charge in [0.05, 0.1) is 15.8 Å². The number of aromatic amines is 1. The van der Waals surface area contributed by atoms with Crippen LogP contribution in [0.5, 0.6) is 0 Å². The number of nitrogens with zero attached hydrogens (tertiary/aromatic N) is 2. The smallest absolute Gasteiger partial charge is 0.261 e. The second-order valence-electron chi connectivity index (χ2n) is 8.73. The van der Waals surface area contributed by atoms with Crippen LogP contribution in [0.1, 0.15) is 41.6 Å². The quantitative estimate of drug-likeness (QED) is 0.289. The Morgan fingerprint density at radius 2 is 1.77 bits per heavy atom. The first-order chi connectivity index (χ1) is 16.9. The number of nitrogens with one attached hydrogen (secondary N) is 3. The van der Waals surface area contributed by atoms with Gasteiger partial charge in [0.2, 0.25) is 0 Å². The van der Waals surface area contributed by atoms with Gasteiger partial charge in [0.1, 0.15) is 17.8 Å². The van der Waals surface area contributed by atoms with Gasteiger partial charge in [-0.1, -0.05) is 30.3 Å². The van der Waals surface area contributed by atoms with Gasteiger partial charge in [0.25, 0.3) is 10.0 Å². The number of hydrogen-bond donors (Lipinski definition) is 4. The van der Waals surface area contributed by atoms with Crippen LogP contribution in [0.25, 0.3) is 11.0 Å². The Morgan fingerprint density at radius 1 is 1.00 bits per heavy atom. The number of anilines is 2. The highest BCUT2D eigenvalue weighted by molar-refractivity contribution is 7.92. The van der Waals surface area contributed by atoms with Crippen molar-refractivity contribution in [3.8, 4) is 0 Å². The van der Waals surface area contributed by atoms with Crippen molar-refractivity contribution >= 4 is 38.3 Å². The lowest BCUT2D eigenvalue weighted by Crippen LogP contribution is -2.33. The molecule has 5 rings (SSSR count). The number of sulfonamides is 1. The SMILES string of the molecule is N[C@H]1CC[C@@H](Nc2ncnc3[nH]cc(C(=O)c4cccc(NS(=O)(=O)c5ccccc5)c4)c23)CC1. The van der Waals surface area contributed by atoms with E-state index in [1.54, 1.807) is 42.6 Å². The summed E-state index contributed by atoms with van der Waals surface area (Å²) in [5, 5.41) is 4.08. The summed E-state index contributed by atoms with van der Waals surface area (Å²) >= 11 is 0. The fraction of sp³-hybridized carbons (Fsp3) is 0.240. The highest BCUT2D eigenvalue weighted by atomic mass is 32.2. The summed E-state index contributed by atoms with van der Waals surface area (Å²) in [6, 6.07) is 15.0. The Hall–Kier alpha value is -3.76. The third-order valence-electron chi connectivity index (χ3n) is 6.26. The predicted molar refractivity (Wildman–Crippen MR) is 135 cm³/mol. The van der Waals surface area contributed by atoms with E-state index in [-0.39, 0.29) is 22.8 Å². The van der Waals surface area contributed by atoms with Crippen molar-refractivity contribution in [2.45, 2.75) is 42.7 Å². The van der Waals surface area contributed by atoms with Crippen LogP contribution in [-0.4, -0.2) is 41.2 Å². The molecule has 0 radical (unpaired) electrons. The molecule has 0 unspecified atom stereocenters. The first kappa shape index (κ1) is 23.0. The van der Waals surface area contributed by atoms with Crippen LogP contribution in [-0.2, 0) is 10.0 Å². The van der Waals surface area contributed by atoms with Gasteiger partial charge in [-0.3, -0.25) is 9.52 Å². The summed E-state index contributed by atoms with van der Waals surface area (Å²) in [5.74, 6) is 0.335. The highest BCUT2D eigenvalue weighted by Gasteiger charge is 2.23. The van der Waals surface area contributed by atoms with Gasteiger partial charge in [0.15, 0.2) is 5.78 Å². The largest absolute Gasteiger partial charge is 0.367 e. The van der Waals surface area contributed by atoms with E-state index in [2.05, 4.69) is 25.0 Å². The van der Waals surface area contributed by atoms with Crippen LogP contribution in [0, 0.1) is 0 Å². The van der Waals surface area contributed by atoms with Crippen molar-refractivity contribution in [1.82, 2.24) is 15.0 Å². The molecule has 0 aliphatic heterocycles. The molecule has 1 aliphatic rings. The second kappa shape index (κ2) is 9.47. The van der Waals surface area contributed by atoms with E-state index in [1.165, 1.54) is 24.5 Å². The summed E-state index contributed by atoms with van der Waals surface area (Å²) < 4.78 is 28.0. The van der Waals surface area contributed by atoms with E-state index in [0.717, 1.165) is 25.7 Å². The number of nitrogens with two attached hydrogens (primary N) is 1. The molecule has 0 bridgehead atoms. The highest BCUT2D eigenvalue weighted by Crippen LogP contribution is 2.29. The van der Waals surface area contributed by atoms with Crippen LogP contribution in [0.2, 0.25) is 0 Å². The van der Waals surface area contributed by atoms with Crippen molar-refractivity contribution in [2.75, 3.05) is 10.0 Å². The average Bonchev–Trinajstić information content (AvgIpc) is 3.31. The molecule has 180 valence electrons. The molecule has 0 atom stereocenters. The van der Waals surface area contributed by atoms with E-state index in [4.69, 9.17) is 5.73 Å². The Kier molecular flexibility index (Phi) is 6.23. The number of benzene rings is 2. The van der Waals surface area contributed by atoms with Gasteiger partial charge in [0, 0.05) is 29.5 Å². The zero-order valence-corrected chi connectivity index (χ0v) is 19.8. The van der Waals surface area contributed by atoms with Gasteiger partial charge < -0.3 is 16.0 Å². The summed E-state index contributed by atoms with van der Waals surface area (Å²) in [4.78, 5) is 25.4.